The van der Waals surface area contributed by atoms with E-state index >= 15 is 0 Å². The van der Waals surface area contributed by atoms with Crippen LogP contribution in [0.15, 0.2) is 54.7 Å². The number of nitrogens with two attached hydrogens (primary N) is 1. The maximum Gasteiger partial charge on any atom is 0.416 e. The lowest BCUT2D eigenvalue weighted by molar-refractivity contribution is -0.137. The zero-order valence-corrected chi connectivity index (χ0v) is 19.5. The summed E-state index contributed by atoms with van der Waals surface area (Å²) in [4.78, 5) is 25.0. The normalized spacial score (nSPS) is 19.5. The molecule has 2 unspecified atom stereocenters. The molecule has 2 aliphatic rings. The van der Waals surface area contributed by atoms with E-state index in [4.69, 9.17) is 15.6 Å². The maximum atomic E-state index is 13.2. The number of aliphatic hydroxyl groups excluding tert-OH is 2. The molecule has 3 atom stereocenters. The highest BCUT2D eigenvalue weighted by atomic mass is 19.4. The van der Waals surface area contributed by atoms with Gasteiger partial charge in [-0.3, -0.25) is 9.88 Å². The van der Waals surface area contributed by atoms with Crippen molar-refractivity contribution in [2.45, 2.75) is 30.8 Å². The van der Waals surface area contributed by atoms with Crippen LogP contribution >= 0.6 is 0 Å². The average molecular weight is 515 g/mol. The van der Waals surface area contributed by atoms with Crippen molar-refractivity contribution >= 4 is 17.5 Å². The number of carbonyl (C=O) groups is 1. The molecule has 2 bridgehead atoms. The van der Waals surface area contributed by atoms with Gasteiger partial charge in [0, 0.05) is 24.4 Å². The number of rotatable bonds is 6. The predicted molar refractivity (Wildman–Crippen MR) is 128 cm³/mol. The van der Waals surface area contributed by atoms with Crippen LogP contribution in [0.5, 0.6) is 5.75 Å². The first-order valence-electron chi connectivity index (χ1n) is 11.6. The zero-order chi connectivity index (χ0) is 26.3. The number of hydrogen-bond donors (Lipinski definition) is 3. The smallest absolute Gasteiger partial charge is 0.416 e. The van der Waals surface area contributed by atoms with Gasteiger partial charge in [0.05, 0.1) is 41.3 Å². The SMILES string of the molecule is NC(=O)N1c2nc(-c3cccc(C(F)(F)F)c3)ccc2N2CC1CC2c1cc(OC[C@H](O)CO)ccn1. The summed E-state index contributed by atoms with van der Waals surface area (Å²) in [6.45, 7) is -0.0378. The number of halogens is 3. The molecule has 4 N–H and O–H groups in total. The second-order valence-electron chi connectivity index (χ2n) is 8.95. The highest BCUT2D eigenvalue weighted by Gasteiger charge is 2.45. The summed E-state index contributed by atoms with van der Waals surface area (Å²) in [5.74, 6) is 0.741. The molecule has 1 fully saturated rings. The molecule has 37 heavy (non-hydrogen) atoms. The number of benzene rings is 1. The quantitative estimate of drug-likeness (QED) is 0.461. The molecule has 4 heterocycles. The molecule has 1 saturated heterocycles. The number of aromatic nitrogens is 2. The van der Waals surface area contributed by atoms with Gasteiger partial charge in [-0.1, -0.05) is 12.1 Å². The Morgan fingerprint density at radius 3 is 2.76 bits per heavy atom. The van der Waals surface area contributed by atoms with Gasteiger partial charge >= 0.3 is 12.2 Å². The van der Waals surface area contributed by atoms with Crippen molar-refractivity contribution in [1.82, 2.24) is 9.97 Å². The standard InChI is InChI=1S/C25H24F3N5O4/c26-25(27,28)15-3-1-2-14(8-15)19-4-5-21-23(31-19)33(24(29)36)16-9-22(32(21)11-16)20-10-18(6-7-30-20)37-13-17(35)12-34/h1-8,10,16-17,22,34-35H,9,11-13H2,(H2,29,36)/t16?,17-,22?/m1/s1. The molecular formula is C25H24F3N5O4. The number of aliphatic hydroxyl groups is 2. The number of primary amides is 1. The van der Waals surface area contributed by atoms with Crippen LogP contribution in [0.4, 0.5) is 29.5 Å². The van der Waals surface area contributed by atoms with Gasteiger partial charge < -0.3 is 25.6 Å². The second-order valence-corrected chi connectivity index (χ2v) is 8.95. The first-order valence-corrected chi connectivity index (χ1v) is 11.6. The molecule has 2 aromatic heterocycles. The zero-order valence-electron chi connectivity index (χ0n) is 19.5. The Morgan fingerprint density at radius 1 is 1.22 bits per heavy atom. The second kappa shape index (κ2) is 9.52. The summed E-state index contributed by atoms with van der Waals surface area (Å²) >= 11 is 0. The third kappa shape index (κ3) is 4.77. The number of ether oxygens (including phenoxy) is 1. The average Bonchev–Trinajstić information content (AvgIpc) is 3.26. The van der Waals surface area contributed by atoms with Crippen molar-refractivity contribution in [3.63, 3.8) is 0 Å². The van der Waals surface area contributed by atoms with Gasteiger partial charge in [-0.15, -0.1) is 0 Å². The summed E-state index contributed by atoms with van der Waals surface area (Å²) in [5.41, 5.74) is 6.76. The third-order valence-corrected chi connectivity index (χ3v) is 6.51. The Bertz CT molecular complexity index is 1320. The molecular weight excluding hydrogens is 491 g/mol. The van der Waals surface area contributed by atoms with Gasteiger partial charge in [0.15, 0.2) is 5.82 Å². The van der Waals surface area contributed by atoms with Crippen molar-refractivity contribution < 1.29 is 32.9 Å². The number of amides is 2. The highest BCUT2D eigenvalue weighted by molar-refractivity contribution is 5.96. The van der Waals surface area contributed by atoms with E-state index in [-0.39, 0.29) is 35.8 Å². The van der Waals surface area contributed by atoms with Crippen LogP contribution in [0.2, 0.25) is 0 Å². The molecule has 2 amide bonds. The van der Waals surface area contributed by atoms with Crippen LogP contribution < -0.4 is 20.3 Å². The topological polar surface area (TPSA) is 125 Å². The van der Waals surface area contributed by atoms with Crippen LogP contribution in [0.3, 0.4) is 0 Å². The molecule has 5 rings (SSSR count). The van der Waals surface area contributed by atoms with E-state index in [2.05, 4.69) is 9.97 Å². The van der Waals surface area contributed by atoms with E-state index in [9.17, 15) is 23.1 Å². The minimum absolute atomic E-state index is 0.0858. The summed E-state index contributed by atoms with van der Waals surface area (Å²) < 4.78 is 45.3. The minimum Gasteiger partial charge on any atom is -0.491 e. The van der Waals surface area contributed by atoms with Crippen LogP contribution in [0.1, 0.15) is 23.7 Å². The predicted octanol–water partition coefficient (Wildman–Crippen LogP) is 3.11. The molecule has 0 radical (unpaired) electrons. The molecule has 2 aliphatic heterocycles. The molecule has 3 aromatic rings. The maximum absolute atomic E-state index is 13.2. The van der Waals surface area contributed by atoms with Crippen molar-refractivity contribution in [3.05, 3.63) is 66.0 Å². The number of carbonyl (C=O) groups excluding carboxylic acids is 1. The Kier molecular flexibility index (Phi) is 6.38. The molecule has 1 aromatic carbocycles. The third-order valence-electron chi connectivity index (χ3n) is 6.51. The van der Waals surface area contributed by atoms with E-state index in [0.29, 0.717) is 30.1 Å². The lowest BCUT2D eigenvalue weighted by atomic mass is 10.1. The fourth-order valence-electron chi connectivity index (χ4n) is 4.81. The van der Waals surface area contributed by atoms with Crippen LogP contribution in [0.25, 0.3) is 11.3 Å². The van der Waals surface area contributed by atoms with Gasteiger partial charge in [-0.05, 0) is 36.8 Å². The largest absolute Gasteiger partial charge is 0.491 e. The first kappa shape index (κ1) is 24.8. The number of alkyl halides is 3. The first-order chi connectivity index (χ1) is 17.7. The molecule has 0 spiro atoms. The van der Waals surface area contributed by atoms with Gasteiger partial charge in [0.25, 0.3) is 0 Å². The molecule has 12 heteroatoms. The minimum atomic E-state index is -4.50. The molecule has 9 nitrogen and oxygen atoms in total. The van der Waals surface area contributed by atoms with Crippen molar-refractivity contribution in [3.8, 4) is 17.0 Å². The number of hydrogen-bond acceptors (Lipinski definition) is 7. The van der Waals surface area contributed by atoms with E-state index in [0.717, 1.165) is 12.1 Å². The fraction of sp³-hybridized carbons (Fsp3) is 0.320. The van der Waals surface area contributed by atoms with E-state index in [1.165, 1.54) is 17.0 Å². The lowest BCUT2D eigenvalue weighted by Crippen LogP contribution is -2.49. The van der Waals surface area contributed by atoms with Crippen LogP contribution in [-0.4, -0.2) is 58.1 Å². The number of pyridine rings is 2. The Balaban J connectivity index is 1.49. The van der Waals surface area contributed by atoms with E-state index in [1.807, 2.05) is 4.90 Å². The van der Waals surface area contributed by atoms with Crippen molar-refractivity contribution in [1.29, 1.82) is 0 Å². The number of nitrogens with zero attached hydrogens (tertiary/aromatic N) is 4. The Labute approximate surface area is 209 Å². The Morgan fingerprint density at radius 2 is 2.03 bits per heavy atom. The number of urea groups is 1. The monoisotopic (exact) mass is 515 g/mol. The van der Waals surface area contributed by atoms with Crippen molar-refractivity contribution in [2.24, 2.45) is 5.73 Å². The summed E-state index contributed by atoms with van der Waals surface area (Å²) in [6.07, 6.45) is -3.45. The summed E-state index contributed by atoms with van der Waals surface area (Å²) in [5, 5.41) is 18.6. The van der Waals surface area contributed by atoms with Crippen LogP contribution in [0, 0.1) is 0 Å². The van der Waals surface area contributed by atoms with E-state index in [1.54, 1.807) is 30.5 Å². The number of fused-ring (bicyclic) bond motifs is 4. The van der Waals surface area contributed by atoms with E-state index < -0.39 is 30.5 Å². The van der Waals surface area contributed by atoms with Crippen molar-refractivity contribution in [2.75, 3.05) is 29.6 Å². The number of anilines is 2. The lowest BCUT2D eigenvalue weighted by Gasteiger charge is -2.36. The summed E-state index contributed by atoms with van der Waals surface area (Å²) in [7, 11) is 0. The van der Waals surface area contributed by atoms with Gasteiger partial charge in [0.1, 0.15) is 18.5 Å². The molecule has 194 valence electrons. The summed E-state index contributed by atoms with van der Waals surface area (Å²) in [6, 6.07) is 10.3. The highest BCUT2D eigenvalue weighted by Crippen LogP contribution is 2.47. The van der Waals surface area contributed by atoms with Gasteiger partial charge in [0.2, 0.25) is 0 Å². The Hall–Kier alpha value is -3.90. The molecule has 0 saturated carbocycles. The fourth-order valence-corrected chi connectivity index (χ4v) is 4.81. The van der Waals surface area contributed by atoms with Gasteiger partial charge in [-0.2, -0.15) is 13.2 Å². The van der Waals surface area contributed by atoms with Gasteiger partial charge in [-0.25, -0.2) is 9.78 Å². The molecule has 0 aliphatic carbocycles. The van der Waals surface area contributed by atoms with Crippen LogP contribution in [-0.2, 0) is 6.18 Å².